The number of imidazole rings is 1. The molecule has 5 heteroatoms. The van der Waals surface area contributed by atoms with E-state index in [0.717, 1.165) is 38.3 Å². The van der Waals surface area contributed by atoms with Crippen molar-refractivity contribution in [3.8, 4) is 0 Å². The molecule has 0 bridgehead atoms. The first-order valence-electron chi connectivity index (χ1n) is 9.44. The molecule has 1 aliphatic heterocycles. The van der Waals surface area contributed by atoms with Crippen LogP contribution in [0.1, 0.15) is 63.6 Å². The van der Waals surface area contributed by atoms with Gasteiger partial charge in [0.2, 0.25) is 5.91 Å². The Morgan fingerprint density at radius 3 is 3.17 bits per heavy atom. The van der Waals surface area contributed by atoms with Gasteiger partial charge in [-0.25, -0.2) is 4.98 Å². The maximum atomic E-state index is 12.2. The lowest BCUT2D eigenvalue weighted by Crippen LogP contribution is -2.44. The van der Waals surface area contributed by atoms with Gasteiger partial charge in [-0.2, -0.15) is 0 Å². The molecule has 2 N–H and O–H groups in total. The minimum Gasteiger partial charge on any atom is -0.354 e. The fourth-order valence-corrected chi connectivity index (χ4v) is 3.74. The first-order chi connectivity index (χ1) is 11.7. The van der Waals surface area contributed by atoms with Crippen molar-refractivity contribution in [3.05, 3.63) is 29.9 Å². The molecule has 0 aromatic carbocycles. The van der Waals surface area contributed by atoms with Crippen LogP contribution in [0.3, 0.4) is 0 Å². The first kappa shape index (κ1) is 17.2. The summed E-state index contributed by atoms with van der Waals surface area (Å²) >= 11 is 0. The van der Waals surface area contributed by atoms with Gasteiger partial charge in [-0.3, -0.25) is 4.79 Å². The summed E-state index contributed by atoms with van der Waals surface area (Å²) in [5, 5.41) is 6.46. The van der Waals surface area contributed by atoms with Gasteiger partial charge in [-0.05, 0) is 51.9 Å². The van der Waals surface area contributed by atoms with E-state index in [1.165, 1.54) is 37.7 Å². The van der Waals surface area contributed by atoms with Crippen molar-refractivity contribution in [1.29, 1.82) is 0 Å². The average molecular weight is 330 g/mol. The number of rotatable bonds is 7. The number of aromatic nitrogens is 2. The Kier molecular flexibility index (Phi) is 6.07. The van der Waals surface area contributed by atoms with Crippen LogP contribution in [0.25, 0.3) is 0 Å². The lowest BCUT2D eigenvalue weighted by molar-refractivity contribution is -0.122. The largest absolute Gasteiger partial charge is 0.354 e. The second-order valence-electron chi connectivity index (χ2n) is 7.10. The molecule has 24 heavy (non-hydrogen) atoms. The molecule has 0 radical (unpaired) electrons. The third-order valence-electron chi connectivity index (χ3n) is 5.26. The van der Waals surface area contributed by atoms with Crippen molar-refractivity contribution in [2.45, 2.75) is 70.4 Å². The Balaban J connectivity index is 1.38. The van der Waals surface area contributed by atoms with Gasteiger partial charge < -0.3 is 15.2 Å². The standard InChI is InChI=1S/C19H30N4O/c1-15(19(24)21-10-9-16-6-3-2-4-7-16)22-14-17-8-5-12-23-13-11-20-18(17)23/h6,11,13,15,17,22H,2-5,7-10,12,14H2,1H3,(H,21,24). The van der Waals surface area contributed by atoms with Gasteiger partial charge in [0.15, 0.2) is 0 Å². The number of carbonyl (C=O) groups excluding carboxylic acids is 1. The van der Waals surface area contributed by atoms with Crippen LogP contribution in [0.4, 0.5) is 0 Å². The second kappa shape index (κ2) is 8.47. The van der Waals surface area contributed by atoms with Gasteiger partial charge in [0, 0.05) is 37.9 Å². The second-order valence-corrected chi connectivity index (χ2v) is 7.10. The zero-order valence-corrected chi connectivity index (χ0v) is 14.8. The van der Waals surface area contributed by atoms with Crippen LogP contribution < -0.4 is 10.6 Å². The number of allylic oxidation sites excluding steroid dienone is 1. The van der Waals surface area contributed by atoms with E-state index in [2.05, 4.69) is 32.5 Å². The highest BCUT2D eigenvalue weighted by Gasteiger charge is 2.22. The van der Waals surface area contributed by atoms with Crippen LogP contribution in [0, 0.1) is 0 Å². The van der Waals surface area contributed by atoms with Gasteiger partial charge in [0.05, 0.1) is 6.04 Å². The topological polar surface area (TPSA) is 59.0 Å². The highest BCUT2D eigenvalue weighted by atomic mass is 16.2. The van der Waals surface area contributed by atoms with Crippen LogP contribution in [-0.4, -0.2) is 34.6 Å². The number of aryl methyl sites for hydroxylation is 1. The lowest BCUT2D eigenvalue weighted by Gasteiger charge is -2.25. The van der Waals surface area contributed by atoms with Crippen molar-refractivity contribution in [2.24, 2.45) is 0 Å². The number of hydrogen-bond donors (Lipinski definition) is 2. The molecule has 2 aliphatic rings. The van der Waals surface area contributed by atoms with Crippen molar-refractivity contribution in [1.82, 2.24) is 20.2 Å². The third-order valence-corrected chi connectivity index (χ3v) is 5.26. The first-order valence-corrected chi connectivity index (χ1v) is 9.44. The molecule has 0 fully saturated rings. The zero-order valence-electron chi connectivity index (χ0n) is 14.8. The molecule has 5 nitrogen and oxygen atoms in total. The predicted molar refractivity (Wildman–Crippen MR) is 95.8 cm³/mol. The molecule has 1 aromatic heterocycles. The Labute approximate surface area is 144 Å². The average Bonchev–Trinajstić information content (AvgIpc) is 3.09. The third kappa shape index (κ3) is 4.47. The molecule has 132 valence electrons. The monoisotopic (exact) mass is 330 g/mol. The van der Waals surface area contributed by atoms with Gasteiger partial charge in [-0.15, -0.1) is 0 Å². The quantitative estimate of drug-likeness (QED) is 0.756. The Morgan fingerprint density at radius 1 is 1.42 bits per heavy atom. The van der Waals surface area contributed by atoms with E-state index in [4.69, 9.17) is 0 Å². The molecule has 3 rings (SSSR count). The SMILES string of the molecule is CC(NCC1CCCn2ccnc21)C(=O)NCCC1=CCCCC1. The van der Waals surface area contributed by atoms with Crippen LogP contribution in [0.15, 0.2) is 24.0 Å². The zero-order chi connectivity index (χ0) is 16.8. The molecule has 1 aromatic rings. The molecule has 2 unspecified atom stereocenters. The Bertz CT molecular complexity index is 578. The molecule has 1 aliphatic carbocycles. The van der Waals surface area contributed by atoms with E-state index >= 15 is 0 Å². The Hall–Kier alpha value is -1.62. The van der Waals surface area contributed by atoms with Crippen LogP contribution in [-0.2, 0) is 11.3 Å². The highest BCUT2D eigenvalue weighted by molar-refractivity contribution is 5.81. The number of hydrogen-bond acceptors (Lipinski definition) is 3. The van der Waals surface area contributed by atoms with Crippen molar-refractivity contribution in [3.63, 3.8) is 0 Å². The van der Waals surface area contributed by atoms with Gasteiger partial charge in [0.1, 0.15) is 5.82 Å². The summed E-state index contributed by atoms with van der Waals surface area (Å²) in [6, 6.07) is -0.157. The molecular weight excluding hydrogens is 300 g/mol. The van der Waals surface area contributed by atoms with Crippen molar-refractivity contribution in [2.75, 3.05) is 13.1 Å². The molecule has 0 saturated carbocycles. The van der Waals surface area contributed by atoms with Crippen molar-refractivity contribution >= 4 is 5.91 Å². The smallest absolute Gasteiger partial charge is 0.236 e. The molecule has 2 heterocycles. The van der Waals surface area contributed by atoms with Crippen LogP contribution in [0.2, 0.25) is 0 Å². The van der Waals surface area contributed by atoms with E-state index < -0.39 is 0 Å². The van der Waals surface area contributed by atoms with Crippen LogP contribution >= 0.6 is 0 Å². The van der Waals surface area contributed by atoms with E-state index in [9.17, 15) is 4.79 Å². The molecule has 2 atom stereocenters. The predicted octanol–water partition coefficient (Wildman–Crippen LogP) is 2.75. The van der Waals surface area contributed by atoms with E-state index in [1.807, 2.05) is 13.1 Å². The van der Waals surface area contributed by atoms with Crippen LogP contribution in [0.5, 0.6) is 0 Å². The summed E-state index contributed by atoms with van der Waals surface area (Å²) in [4.78, 5) is 16.7. The summed E-state index contributed by atoms with van der Waals surface area (Å²) in [7, 11) is 0. The van der Waals surface area contributed by atoms with Gasteiger partial charge in [-0.1, -0.05) is 11.6 Å². The highest BCUT2D eigenvalue weighted by Crippen LogP contribution is 2.24. The fraction of sp³-hybridized carbons (Fsp3) is 0.684. The molecule has 1 amide bonds. The van der Waals surface area contributed by atoms with Gasteiger partial charge >= 0.3 is 0 Å². The number of nitrogens with one attached hydrogen (secondary N) is 2. The summed E-state index contributed by atoms with van der Waals surface area (Å²) < 4.78 is 2.23. The van der Waals surface area contributed by atoms with Gasteiger partial charge in [0.25, 0.3) is 0 Å². The normalized spacial score (nSPS) is 21.7. The molecule has 0 saturated heterocycles. The fourth-order valence-electron chi connectivity index (χ4n) is 3.74. The Morgan fingerprint density at radius 2 is 2.33 bits per heavy atom. The lowest BCUT2D eigenvalue weighted by atomic mass is 9.97. The molecule has 0 spiro atoms. The number of nitrogens with zero attached hydrogens (tertiary/aromatic N) is 2. The minimum atomic E-state index is -0.157. The number of carbonyl (C=O) groups is 1. The number of fused-ring (bicyclic) bond motifs is 1. The number of amides is 1. The minimum absolute atomic E-state index is 0.102. The van der Waals surface area contributed by atoms with E-state index in [-0.39, 0.29) is 11.9 Å². The van der Waals surface area contributed by atoms with E-state index in [1.54, 1.807) is 0 Å². The summed E-state index contributed by atoms with van der Waals surface area (Å²) in [5.41, 5.74) is 1.51. The van der Waals surface area contributed by atoms with E-state index in [0.29, 0.717) is 5.92 Å². The van der Waals surface area contributed by atoms with Crippen molar-refractivity contribution < 1.29 is 4.79 Å². The summed E-state index contributed by atoms with van der Waals surface area (Å²) in [6.07, 6.45) is 14.6. The maximum absolute atomic E-state index is 12.2. The molecular formula is C19H30N4O. The summed E-state index contributed by atoms with van der Waals surface area (Å²) in [5.74, 6) is 1.67. The maximum Gasteiger partial charge on any atom is 0.236 e. The summed E-state index contributed by atoms with van der Waals surface area (Å²) in [6.45, 7) is 4.59.